The van der Waals surface area contributed by atoms with Crippen molar-refractivity contribution in [3.63, 3.8) is 0 Å². The van der Waals surface area contributed by atoms with E-state index in [1.54, 1.807) is 7.11 Å². The van der Waals surface area contributed by atoms with E-state index in [4.69, 9.17) is 4.74 Å². The van der Waals surface area contributed by atoms with Crippen molar-refractivity contribution in [3.8, 4) is 0 Å². The first kappa shape index (κ1) is 23.6. The highest BCUT2D eigenvalue weighted by Crippen LogP contribution is 2.55. The first-order chi connectivity index (χ1) is 14.8. The molecule has 1 aromatic rings. The summed E-state index contributed by atoms with van der Waals surface area (Å²) >= 11 is 0. The van der Waals surface area contributed by atoms with Gasteiger partial charge in [0.2, 0.25) is 5.91 Å². The number of nitrogens with zero attached hydrogens (tertiary/aromatic N) is 2. The predicted octanol–water partition coefficient (Wildman–Crippen LogP) is 1.80. The van der Waals surface area contributed by atoms with E-state index < -0.39 is 6.10 Å². The number of carbonyl (C=O) groups excluding carboxylic acids is 2. The van der Waals surface area contributed by atoms with Gasteiger partial charge in [0.1, 0.15) is 6.33 Å². The van der Waals surface area contributed by atoms with Crippen molar-refractivity contribution < 1.29 is 19.4 Å². The van der Waals surface area contributed by atoms with E-state index in [0.717, 1.165) is 25.7 Å². The fraction of sp³-hybridized carbons (Fsp3) is 0.739. The van der Waals surface area contributed by atoms with E-state index in [2.05, 4.69) is 34.4 Å². The second-order valence-electron chi connectivity index (χ2n) is 9.55. The average Bonchev–Trinajstić information content (AvgIpc) is 2.76. The number of methoxy groups -OCH3 is 1. The minimum atomic E-state index is -0.586. The van der Waals surface area contributed by atoms with Crippen LogP contribution in [0.1, 0.15) is 56.8 Å². The summed E-state index contributed by atoms with van der Waals surface area (Å²) < 4.78 is 5.01. The summed E-state index contributed by atoms with van der Waals surface area (Å²) in [5.41, 5.74) is 0.449. The lowest BCUT2D eigenvalue weighted by atomic mass is 9.51. The normalized spacial score (nSPS) is 33.8. The van der Waals surface area contributed by atoms with Gasteiger partial charge in [0, 0.05) is 38.0 Å². The zero-order chi connectivity index (χ0) is 22.6. The van der Waals surface area contributed by atoms with Gasteiger partial charge in [0.15, 0.2) is 0 Å². The van der Waals surface area contributed by atoms with Crippen LogP contribution in [0.3, 0.4) is 0 Å². The monoisotopic (exact) mass is 432 g/mol. The quantitative estimate of drug-likeness (QED) is 0.566. The van der Waals surface area contributed by atoms with Crippen molar-refractivity contribution in [2.45, 2.75) is 58.6 Å². The van der Waals surface area contributed by atoms with Gasteiger partial charge in [-0.1, -0.05) is 20.8 Å². The molecule has 172 valence electrons. The molecule has 2 amide bonds. The molecule has 3 rings (SSSR count). The van der Waals surface area contributed by atoms with Crippen LogP contribution in [0.5, 0.6) is 0 Å². The lowest BCUT2D eigenvalue weighted by molar-refractivity contribution is -0.142. The van der Waals surface area contributed by atoms with Crippen molar-refractivity contribution in [1.82, 2.24) is 20.6 Å². The summed E-state index contributed by atoms with van der Waals surface area (Å²) in [7, 11) is 1.60. The van der Waals surface area contributed by atoms with Crippen LogP contribution in [0.2, 0.25) is 0 Å². The number of rotatable bonds is 7. The molecular weight excluding hydrogens is 396 g/mol. The van der Waals surface area contributed by atoms with Crippen molar-refractivity contribution >= 4 is 11.8 Å². The molecule has 2 fully saturated rings. The molecule has 0 aromatic carbocycles. The molecule has 1 heterocycles. The summed E-state index contributed by atoms with van der Waals surface area (Å²) in [6.07, 6.45) is 7.46. The number of amides is 2. The first-order valence-electron chi connectivity index (χ1n) is 11.3. The van der Waals surface area contributed by atoms with Crippen LogP contribution in [-0.4, -0.2) is 59.3 Å². The summed E-state index contributed by atoms with van der Waals surface area (Å²) in [6.45, 7) is 7.21. The first-order valence-corrected chi connectivity index (χ1v) is 11.3. The molecule has 0 radical (unpaired) electrons. The molecule has 8 nitrogen and oxygen atoms in total. The Morgan fingerprint density at radius 2 is 1.97 bits per heavy atom. The van der Waals surface area contributed by atoms with Crippen molar-refractivity contribution in [2.24, 2.45) is 29.1 Å². The van der Waals surface area contributed by atoms with Crippen LogP contribution in [0, 0.1) is 29.1 Å². The minimum Gasteiger partial charge on any atom is -0.392 e. The second kappa shape index (κ2) is 10.0. The largest absolute Gasteiger partial charge is 0.392 e. The standard InChI is InChI=1S/C23H36N4O4/c1-14(21(29)26-9-10-31-4)17-5-7-23(3)8-6-18(15(2)19(23)20(17)28)27-22(30)16-11-24-13-25-12-16/h11-15,17-20,28H,5-10H2,1-4H3,(H,26,29)(H,27,30)/t14-,15-,17-,18-,19+,20-,23+/m0/s1. The Morgan fingerprint density at radius 3 is 2.65 bits per heavy atom. The molecule has 7 atom stereocenters. The average molecular weight is 433 g/mol. The second-order valence-corrected chi connectivity index (χ2v) is 9.55. The van der Waals surface area contributed by atoms with E-state index in [0.29, 0.717) is 18.7 Å². The molecule has 2 aliphatic carbocycles. The van der Waals surface area contributed by atoms with Crippen LogP contribution >= 0.6 is 0 Å². The number of ether oxygens (including phenoxy) is 1. The molecule has 31 heavy (non-hydrogen) atoms. The number of fused-ring (bicyclic) bond motifs is 1. The van der Waals surface area contributed by atoms with E-state index in [1.165, 1.54) is 18.7 Å². The van der Waals surface area contributed by atoms with Crippen LogP contribution in [0.25, 0.3) is 0 Å². The lowest BCUT2D eigenvalue weighted by Crippen LogP contribution is -2.58. The molecule has 0 aliphatic heterocycles. The number of aliphatic hydroxyl groups excluding tert-OH is 1. The third kappa shape index (κ3) is 5.06. The van der Waals surface area contributed by atoms with Gasteiger partial charge in [-0.15, -0.1) is 0 Å². The van der Waals surface area contributed by atoms with Gasteiger partial charge in [0.25, 0.3) is 5.91 Å². The zero-order valence-electron chi connectivity index (χ0n) is 19.0. The molecule has 2 aliphatic rings. The van der Waals surface area contributed by atoms with Crippen molar-refractivity contribution in [3.05, 3.63) is 24.3 Å². The maximum absolute atomic E-state index is 12.7. The number of aromatic nitrogens is 2. The molecule has 8 heteroatoms. The number of hydrogen-bond acceptors (Lipinski definition) is 6. The number of carbonyl (C=O) groups is 2. The van der Waals surface area contributed by atoms with Crippen LogP contribution < -0.4 is 10.6 Å². The van der Waals surface area contributed by atoms with Gasteiger partial charge >= 0.3 is 0 Å². The van der Waals surface area contributed by atoms with Crippen molar-refractivity contribution in [2.75, 3.05) is 20.3 Å². The summed E-state index contributed by atoms with van der Waals surface area (Å²) in [5, 5.41) is 17.5. The SMILES string of the molecule is COCCNC(=O)[C@@H](C)[C@@H]1CC[C@]2(C)CC[C@H](NC(=O)c3cncnc3)[C@H](C)[C@@H]2[C@H]1O. The van der Waals surface area contributed by atoms with E-state index in [-0.39, 0.29) is 46.9 Å². The topological polar surface area (TPSA) is 113 Å². The summed E-state index contributed by atoms with van der Waals surface area (Å²) in [6, 6.07) is -0.0370. The van der Waals surface area contributed by atoms with E-state index >= 15 is 0 Å². The highest BCUT2D eigenvalue weighted by Gasteiger charge is 2.53. The molecule has 0 unspecified atom stereocenters. The molecule has 0 bridgehead atoms. The number of nitrogens with one attached hydrogen (secondary N) is 2. The fourth-order valence-electron chi connectivity index (χ4n) is 5.80. The molecule has 3 N–H and O–H groups in total. The van der Waals surface area contributed by atoms with Crippen LogP contribution in [0.15, 0.2) is 18.7 Å². The molecule has 0 saturated heterocycles. The highest BCUT2D eigenvalue weighted by molar-refractivity contribution is 5.93. The third-order valence-electron chi connectivity index (χ3n) is 7.69. The van der Waals surface area contributed by atoms with Gasteiger partial charge in [-0.2, -0.15) is 0 Å². The summed E-state index contributed by atoms with van der Waals surface area (Å²) in [5.74, 6) is -0.489. The van der Waals surface area contributed by atoms with E-state index in [1.807, 2.05) is 6.92 Å². The predicted molar refractivity (Wildman–Crippen MR) is 116 cm³/mol. The van der Waals surface area contributed by atoms with Crippen molar-refractivity contribution in [1.29, 1.82) is 0 Å². The van der Waals surface area contributed by atoms with Crippen LogP contribution in [-0.2, 0) is 9.53 Å². The summed E-state index contributed by atoms with van der Waals surface area (Å²) in [4.78, 5) is 33.1. The zero-order valence-corrected chi connectivity index (χ0v) is 19.0. The maximum atomic E-state index is 12.7. The molecule has 2 saturated carbocycles. The molecule has 0 spiro atoms. The smallest absolute Gasteiger partial charge is 0.254 e. The van der Waals surface area contributed by atoms with Gasteiger partial charge in [-0.05, 0) is 48.9 Å². The maximum Gasteiger partial charge on any atom is 0.254 e. The number of hydrogen-bond donors (Lipinski definition) is 3. The van der Waals surface area contributed by atoms with Gasteiger partial charge in [-0.3, -0.25) is 9.59 Å². The van der Waals surface area contributed by atoms with Crippen LogP contribution in [0.4, 0.5) is 0 Å². The highest BCUT2D eigenvalue weighted by atomic mass is 16.5. The third-order valence-corrected chi connectivity index (χ3v) is 7.69. The minimum absolute atomic E-state index is 0.0126. The number of aliphatic hydroxyl groups is 1. The fourth-order valence-corrected chi connectivity index (χ4v) is 5.80. The van der Waals surface area contributed by atoms with Gasteiger partial charge in [0.05, 0.1) is 18.3 Å². The molecule has 1 aromatic heterocycles. The Labute approximate surface area is 184 Å². The lowest BCUT2D eigenvalue weighted by Gasteiger charge is -2.56. The van der Waals surface area contributed by atoms with Gasteiger partial charge < -0.3 is 20.5 Å². The Bertz CT molecular complexity index is 761. The Balaban J connectivity index is 1.70. The molecular formula is C23H36N4O4. The Morgan fingerprint density at radius 1 is 1.29 bits per heavy atom. The Kier molecular flexibility index (Phi) is 7.64. The van der Waals surface area contributed by atoms with Gasteiger partial charge in [-0.25, -0.2) is 9.97 Å². The van der Waals surface area contributed by atoms with E-state index in [9.17, 15) is 14.7 Å². The Hall–Kier alpha value is -2.06.